The number of phenols is 1. The Balaban J connectivity index is 1.96. The lowest BCUT2D eigenvalue weighted by Crippen LogP contribution is -1.98. The van der Waals surface area contributed by atoms with E-state index in [0.717, 1.165) is 16.8 Å². The van der Waals surface area contributed by atoms with Crippen LogP contribution in [0.5, 0.6) is 17.4 Å². The molecule has 1 heterocycles. The van der Waals surface area contributed by atoms with E-state index in [-0.39, 0.29) is 21.5 Å². The summed E-state index contributed by atoms with van der Waals surface area (Å²) < 4.78 is 7.56. The Labute approximate surface area is 161 Å². The van der Waals surface area contributed by atoms with Gasteiger partial charge in [-0.15, -0.1) is 0 Å². The van der Waals surface area contributed by atoms with Crippen molar-refractivity contribution in [2.24, 2.45) is 7.05 Å². The lowest BCUT2D eigenvalue weighted by atomic mass is 10.0. The molecule has 0 bridgehead atoms. The van der Waals surface area contributed by atoms with Gasteiger partial charge in [-0.3, -0.25) is 0 Å². The van der Waals surface area contributed by atoms with Crippen LogP contribution in [0.2, 0.25) is 10.0 Å². The predicted octanol–water partition coefficient (Wildman–Crippen LogP) is 5.00. The highest BCUT2D eigenvalue weighted by molar-refractivity contribution is 6.36. The molecule has 1 aromatic heterocycles. The third-order valence-corrected chi connectivity index (χ3v) is 4.56. The molecule has 0 aliphatic rings. The molecule has 0 spiro atoms. The van der Waals surface area contributed by atoms with Gasteiger partial charge in [0, 0.05) is 25.1 Å². The zero-order valence-electron chi connectivity index (χ0n) is 14.1. The van der Waals surface area contributed by atoms with E-state index in [0.29, 0.717) is 17.9 Å². The highest BCUT2D eigenvalue weighted by Gasteiger charge is 2.18. The van der Waals surface area contributed by atoms with Crippen LogP contribution in [0.3, 0.4) is 0 Å². The first-order valence-electron chi connectivity index (χ1n) is 7.76. The smallest absolute Gasteiger partial charge is 0.221 e. The topological polar surface area (TPSA) is 71.1 Å². The van der Waals surface area contributed by atoms with Crippen LogP contribution in [0.1, 0.15) is 22.4 Å². The van der Waals surface area contributed by atoms with E-state index in [9.17, 15) is 5.11 Å². The third kappa shape index (κ3) is 3.62. The number of aromatic nitrogens is 2. The number of hydrogen-bond acceptors (Lipinski definition) is 4. The van der Waals surface area contributed by atoms with Gasteiger partial charge < -0.3 is 9.84 Å². The van der Waals surface area contributed by atoms with Crippen LogP contribution in [0, 0.1) is 18.3 Å². The van der Waals surface area contributed by atoms with Gasteiger partial charge in [-0.1, -0.05) is 35.3 Å². The zero-order chi connectivity index (χ0) is 18.8. The van der Waals surface area contributed by atoms with Gasteiger partial charge in [0.05, 0.1) is 27.4 Å². The van der Waals surface area contributed by atoms with Gasteiger partial charge in [0.15, 0.2) is 5.75 Å². The maximum Gasteiger partial charge on any atom is 0.221 e. The average molecular weight is 388 g/mol. The summed E-state index contributed by atoms with van der Waals surface area (Å²) in [5.74, 6) is 0.701. The standard InChI is InChI=1S/C19H15Cl2N3O2/c1-11-14(7-12-3-5-13(10-22)6-4-12)19(24(2)23-11)26-18-9-17(25)15(20)8-16(18)21/h3-6,8-9,25H,7H2,1-2H3. The van der Waals surface area contributed by atoms with Crippen LogP contribution in [-0.4, -0.2) is 14.9 Å². The highest BCUT2D eigenvalue weighted by atomic mass is 35.5. The number of ether oxygens (including phenoxy) is 1. The van der Waals surface area contributed by atoms with E-state index in [1.807, 2.05) is 19.1 Å². The van der Waals surface area contributed by atoms with Crippen molar-refractivity contribution in [1.29, 1.82) is 5.26 Å². The van der Waals surface area contributed by atoms with Crippen LogP contribution >= 0.6 is 23.2 Å². The molecule has 0 saturated carbocycles. The Morgan fingerprint density at radius 3 is 2.54 bits per heavy atom. The van der Waals surface area contributed by atoms with Crippen molar-refractivity contribution in [2.75, 3.05) is 0 Å². The summed E-state index contributed by atoms with van der Waals surface area (Å²) in [7, 11) is 1.77. The lowest BCUT2D eigenvalue weighted by molar-refractivity contribution is 0.419. The summed E-state index contributed by atoms with van der Waals surface area (Å²) in [4.78, 5) is 0. The summed E-state index contributed by atoms with van der Waals surface area (Å²) in [5.41, 5.74) is 3.34. The number of aryl methyl sites for hydroxylation is 2. The van der Waals surface area contributed by atoms with Crippen molar-refractivity contribution in [3.05, 3.63) is 68.8 Å². The van der Waals surface area contributed by atoms with Crippen molar-refractivity contribution >= 4 is 23.2 Å². The molecular formula is C19H15Cl2N3O2. The van der Waals surface area contributed by atoms with Crippen molar-refractivity contribution in [1.82, 2.24) is 9.78 Å². The number of halogens is 2. The molecule has 0 atom stereocenters. The van der Waals surface area contributed by atoms with Gasteiger partial charge in [0.25, 0.3) is 0 Å². The van der Waals surface area contributed by atoms with E-state index >= 15 is 0 Å². The molecule has 0 radical (unpaired) electrons. The summed E-state index contributed by atoms with van der Waals surface area (Å²) in [6.45, 7) is 1.90. The molecule has 0 aliphatic heterocycles. The number of nitriles is 1. The summed E-state index contributed by atoms with van der Waals surface area (Å²) in [6.07, 6.45) is 0.581. The number of benzene rings is 2. The highest BCUT2D eigenvalue weighted by Crippen LogP contribution is 2.38. The van der Waals surface area contributed by atoms with E-state index in [2.05, 4.69) is 11.2 Å². The van der Waals surface area contributed by atoms with Crippen molar-refractivity contribution in [3.63, 3.8) is 0 Å². The first-order valence-corrected chi connectivity index (χ1v) is 8.52. The number of hydrogen-bond donors (Lipinski definition) is 1. The first kappa shape index (κ1) is 18.1. The molecule has 0 fully saturated rings. The Morgan fingerprint density at radius 2 is 1.88 bits per heavy atom. The molecule has 0 unspecified atom stereocenters. The minimum absolute atomic E-state index is 0.112. The fraction of sp³-hybridized carbons (Fsp3) is 0.158. The van der Waals surface area contributed by atoms with Crippen LogP contribution in [0.15, 0.2) is 36.4 Å². The normalized spacial score (nSPS) is 10.6. The van der Waals surface area contributed by atoms with Gasteiger partial charge in [0.1, 0.15) is 5.75 Å². The van der Waals surface area contributed by atoms with Crippen LogP contribution in [0.4, 0.5) is 0 Å². The number of phenolic OH excluding ortho intramolecular Hbond substituents is 1. The molecule has 0 amide bonds. The maximum absolute atomic E-state index is 9.81. The van der Waals surface area contributed by atoms with Crippen LogP contribution < -0.4 is 4.74 Å². The Kier molecular flexibility index (Phi) is 5.08. The Bertz CT molecular complexity index is 1010. The van der Waals surface area contributed by atoms with Crippen molar-refractivity contribution in [3.8, 4) is 23.4 Å². The molecule has 132 valence electrons. The fourth-order valence-corrected chi connectivity index (χ4v) is 3.04. The second kappa shape index (κ2) is 7.28. The summed E-state index contributed by atoms with van der Waals surface area (Å²) >= 11 is 12.0. The zero-order valence-corrected chi connectivity index (χ0v) is 15.6. The SMILES string of the molecule is Cc1nn(C)c(Oc2cc(O)c(Cl)cc2Cl)c1Cc1ccc(C#N)cc1. The molecule has 0 aliphatic carbocycles. The fourth-order valence-electron chi connectivity index (χ4n) is 2.61. The molecule has 3 aromatic rings. The molecule has 26 heavy (non-hydrogen) atoms. The van der Waals surface area contributed by atoms with Crippen LogP contribution in [0.25, 0.3) is 0 Å². The van der Waals surface area contributed by atoms with E-state index in [4.69, 9.17) is 33.2 Å². The molecule has 0 saturated heterocycles. The Hall–Kier alpha value is -2.68. The van der Waals surface area contributed by atoms with Crippen molar-refractivity contribution < 1.29 is 9.84 Å². The minimum Gasteiger partial charge on any atom is -0.506 e. The maximum atomic E-state index is 9.81. The monoisotopic (exact) mass is 387 g/mol. The summed E-state index contributed by atoms with van der Waals surface area (Å²) in [5, 5.41) is 23.6. The number of nitrogens with zero attached hydrogens (tertiary/aromatic N) is 3. The first-order chi connectivity index (χ1) is 12.4. The van der Waals surface area contributed by atoms with E-state index in [1.165, 1.54) is 12.1 Å². The second-order valence-electron chi connectivity index (χ2n) is 5.81. The van der Waals surface area contributed by atoms with Crippen LogP contribution in [-0.2, 0) is 13.5 Å². The molecule has 2 aromatic carbocycles. The van der Waals surface area contributed by atoms with Gasteiger partial charge in [0.2, 0.25) is 5.88 Å². The molecule has 5 nitrogen and oxygen atoms in total. The van der Waals surface area contributed by atoms with E-state index < -0.39 is 0 Å². The van der Waals surface area contributed by atoms with Gasteiger partial charge in [-0.2, -0.15) is 10.4 Å². The Morgan fingerprint density at radius 1 is 1.19 bits per heavy atom. The van der Waals surface area contributed by atoms with Gasteiger partial charge >= 0.3 is 0 Å². The molecule has 1 N–H and O–H groups in total. The largest absolute Gasteiger partial charge is 0.506 e. The lowest BCUT2D eigenvalue weighted by Gasteiger charge is -2.11. The molecule has 3 rings (SSSR count). The predicted molar refractivity (Wildman–Crippen MR) is 100 cm³/mol. The quantitative estimate of drug-likeness (QED) is 0.683. The number of rotatable bonds is 4. The molecular weight excluding hydrogens is 373 g/mol. The second-order valence-corrected chi connectivity index (χ2v) is 6.63. The van der Waals surface area contributed by atoms with Crippen molar-refractivity contribution in [2.45, 2.75) is 13.3 Å². The van der Waals surface area contributed by atoms with E-state index in [1.54, 1.807) is 23.9 Å². The van der Waals surface area contributed by atoms with Gasteiger partial charge in [-0.25, -0.2) is 4.68 Å². The van der Waals surface area contributed by atoms with Gasteiger partial charge in [-0.05, 0) is 30.7 Å². The minimum atomic E-state index is -0.112. The third-order valence-electron chi connectivity index (χ3n) is 3.96. The molecule has 7 heteroatoms. The average Bonchev–Trinajstić information content (AvgIpc) is 2.87. The summed E-state index contributed by atoms with van der Waals surface area (Å²) in [6, 6.07) is 12.2. The number of aromatic hydroxyl groups is 1.